The molecule has 0 bridgehead atoms. The third-order valence-corrected chi connectivity index (χ3v) is 5.66. The van der Waals surface area contributed by atoms with Crippen LogP contribution in [0, 0.1) is 0 Å². The maximum atomic E-state index is 12.8. The zero-order valence-corrected chi connectivity index (χ0v) is 16.4. The van der Waals surface area contributed by atoms with Crippen LogP contribution >= 0.6 is 0 Å². The van der Waals surface area contributed by atoms with Crippen molar-refractivity contribution >= 4 is 11.7 Å². The largest absolute Gasteiger partial charge is 0.445 e. The van der Waals surface area contributed by atoms with E-state index in [0.29, 0.717) is 6.54 Å². The van der Waals surface area contributed by atoms with Crippen molar-refractivity contribution in [2.45, 2.75) is 25.5 Å². The number of likely N-dealkylation sites (tertiary alicyclic amines) is 1. The third-order valence-electron chi connectivity index (χ3n) is 5.66. The Morgan fingerprint density at radius 1 is 1.11 bits per heavy atom. The number of carbonyl (C=O) groups excluding carboxylic acids is 1. The second kappa shape index (κ2) is 8.57. The Balaban J connectivity index is 1.55. The fourth-order valence-corrected chi connectivity index (χ4v) is 4.05. The van der Waals surface area contributed by atoms with Gasteiger partial charge in [0.05, 0.1) is 17.9 Å². The maximum Gasteiger partial charge on any atom is 0.410 e. The average Bonchev–Trinajstić information content (AvgIpc) is 3.40. The number of para-hydroxylation sites is 1. The summed E-state index contributed by atoms with van der Waals surface area (Å²) in [5.74, 6) is 0. The van der Waals surface area contributed by atoms with Gasteiger partial charge in [-0.3, -0.25) is 4.99 Å². The Bertz CT molecular complexity index is 936. The van der Waals surface area contributed by atoms with E-state index in [1.807, 2.05) is 55.6 Å². The molecule has 28 heavy (non-hydrogen) atoms. The number of rotatable bonds is 6. The van der Waals surface area contributed by atoms with Gasteiger partial charge in [0, 0.05) is 18.8 Å². The van der Waals surface area contributed by atoms with Crippen LogP contribution in [0.25, 0.3) is 5.57 Å². The number of likely N-dealkylation sites (N-methyl/N-ethyl adjacent to an activating group) is 1. The second-order valence-electron chi connectivity index (χ2n) is 7.53. The first-order valence-electron chi connectivity index (χ1n) is 10.0. The summed E-state index contributed by atoms with van der Waals surface area (Å²) in [7, 11) is 1.85. The van der Waals surface area contributed by atoms with E-state index in [-0.39, 0.29) is 18.7 Å². The Kier molecular flexibility index (Phi) is 5.72. The molecule has 0 aromatic heterocycles. The zero-order chi connectivity index (χ0) is 19.3. The molecule has 2 aliphatic heterocycles. The number of hydrogen-bond acceptors (Lipinski definition) is 4. The van der Waals surface area contributed by atoms with Crippen LogP contribution in [0.1, 0.15) is 18.4 Å². The summed E-state index contributed by atoms with van der Waals surface area (Å²) in [6.07, 6.45) is 2.17. The van der Waals surface area contributed by atoms with Crippen molar-refractivity contribution in [3.63, 3.8) is 0 Å². The van der Waals surface area contributed by atoms with Crippen molar-refractivity contribution in [2.24, 2.45) is 4.99 Å². The third kappa shape index (κ3) is 4.09. The van der Waals surface area contributed by atoms with E-state index >= 15 is 0 Å². The zero-order valence-electron chi connectivity index (χ0n) is 16.4. The lowest BCUT2D eigenvalue weighted by atomic mass is 10.0. The van der Waals surface area contributed by atoms with Gasteiger partial charge in [0.1, 0.15) is 6.61 Å². The molecule has 0 N–H and O–H groups in total. The van der Waals surface area contributed by atoms with Crippen LogP contribution in [0.2, 0.25) is 0 Å². The van der Waals surface area contributed by atoms with Crippen molar-refractivity contribution in [3.8, 4) is 0 Å². The van der Waals surface area contributed by atoms with Crippen LogP contribution in [0.3, 0.4) is 0 Å². The van der Waals surface area contributed by atoms with Gasteiger partial charge in [0.2, 0.25) is 0 Å². The number of hydrogen-bond donors (Lipinski definition) is 0. The Hall–Kier alpha value is -2.66. The first-order chi connectivity index (χ1) is 13.7. The molecule has 1 amide bonds. The van der Waals surface area contributed by atoms with E-state index in [0.717, 1.165) is 35.8 Å². The van der Waals surface area contributed by atoms with Gasteiger partial charge >= 0.3 is 6.09 Å². The van der Waals surface area contributed by atoms with Crippen LogP contribution in [0.4, 0.5) is 4.79 Å². The molecule has 5 heteroatoms. The van der Waals surface area contributed by atoms with Crippen LogP contribution < -0.4 is 10.6 Å². The highest BCUT2D eigenvalue weighted by Crippen LogP contribution is 2.18. The Morgan fingerprint density at radius 2 is 1.82 bits per heavy atom. The molecule has 0 aliphatic carbocycles. The average molecular weight is 377 g/mol. The summed E-state index contributed by atoms with van der Waals surface area (Å²) in [5.41, 5.74) is 2.20. The predicted molar refractivity (Wildman–Crippen MR) is 109 cm³/mol. The summed E-state index contributed by atoms with van der Waals surface area (Å²) in [4.78, 5) is 21.7. The van der Waals surface area contributed by atoms with Gasteiger partial charge in [-0.25, -0.2) is 4.79 Å². The lowest BCUT2D eigenvalue weighted by molar-refractivity contribution is 0.0926. The molecule has 2 aliphatic rings. The topological polar surface area (TPSA) is 45.1 Å². The van der Waals surface area contributed by atoms with E-state index in [1.165, 1.54) is 18.4 Å². The minimum absolute atomic E-state index is 0.0335. The summed E-state index contributed by atoms with van der Waals surface area (Å²) in [6, 6.07) is 18.0. The van der Waals surface area contributed by atoms with Gasteiger partial charge in [-0.2, -0.15) is 0 Å². The molecule has 2 heterocycles. The quantitative estimate of drug-likeness (QED) is 0.775. The monoisotopic (exact) mass is 377 g/mol. The highest BCUT2D eigenvalue weighted by molar-refractivity contribution is 5.71. The van der Waals surface area contributed by atoms with E-state index in [1.54, 1.807) is 4.90 Å². The number of ether oxygens (including phenoxy) is 1. The van der Waals surface area contributed by atoms with Crippen molar-refractivity contribution in [1.29, 1.82) is 0 Å². The van der Waals surface area contributed by atoms with Gasteiger partial charge in [-0.15, -0.1) is 0 Å². The Morgan fingerprint density at radius 3 is 2.61 bits per heavy atom. The summed E-state index contributed by atoms with van der Waals surface area (Å²) in [6.45, 7) is 3.95. The van der Waals surface area contributed by atoms with Gasteiger partial charge in [-0.05, 0) is 43.1 Å². The summed E-state index contributed by atoms with van der Waals surface area (Å²) in [5, 5.41) is 2.18. The fraction of sp³-hybridized carbons (Fsp3) is 0.391. The molecule has 2 aromatic carbocycles. The van der Waals surface area contributed by atoms with Gasteiger partial charge in [-0.1, -0.05) is 48.5 Å². The first kappa shape index (κ1) is 18.7. The SMILES string of the molecule is CN(C(=O)OCc1ccccc1)[C@@H](CN1CCCC1)C1=c2ccccc2=NC1. The summed E-state index contributed by atoms with van der Waals surface area (Å²) < 4.78 is 5.61. The van der Waals surface area contributed by atoms with Crippen LogP contribution in [0.5, 0.6) is 0 Å². The van der Waals surface area contributed by atoms with Crippen molar-refractivity contribution in [1.82, 2.24) is 9.80 Å². The van der Waals surface area contributed by atoms with Crippen molar-refractivity contribution in [2.75, 3.05) is 33.2 Å². The molecule has 0 saturated carbocycles. The Labute approximate surface area is 165 Å². The molecule has 2 aromatic rings. The van der Waals surface area contributed by atoms with Crippen molar-refractivity contribution in [3.05, 3.63) is 70.7 Å². The highest BCUT2D eigenvalue weighted by Gasteiger charge is 2.29. The smallest absolute Gasteiger partial charge is 0.410 e. The number of fused-ring (bicyclic) bond motifs is 1. The van der Waals surface area contributed by atoms with Gasteiger partial charge in [0.15, 0.2) is 0 Å². The lowest BCUT2D eigenvalue weighted by Crippen LogP contribution is -2.47. The molecule has 0 spiro atoms. The molecule has 0 radical (unpaired) electrons. The van der Waals surface area contributed by atoms with Gasteiger partial charge in [0.25, 0.3) is 0 Å². The standard InChI is InChI=1S/C23H27N3O2/c1-25(23(27)28-17-18-9-3-2-4-10-18)22(16-26-13-7-8-14-26)20-15-24-21-12-6-5-11-19(20)21/h2-6,9-12,22H,7-8,13-17H2,1H3/t22-/m0/s1. The predicted octanol–water partition coefficient (Wildman–Crippen LogP) is 2.20. The minimum atomic E-state index is -0.287. The van der Waals surface area contributed by atoms with Gasteiger partial charge < -0.3 is 14.5 Å². The van der Waals surface area contributed by atoms with Crippen LogP contribution in [-0.4, -0.2) is 55.2 Å². The second-order valence-corrected chi connectivity index (χ2v) is 7.53. The van der Waals surface area contributed by atoms with E-state index < -0.39 is 0 Å². The fourth-order valence-electron chi connectivity index (χ4n) is 4.05. The molecular weight excluding hydrogens is 350 g/mol. The molecule has 5 nitrogen and oxygen atoms in total. The van der Waals surface area contributed by atoms with Crippen molar-refractivity contribution < 1.29 is 9.53 Å². The lowest BCUT2D eigenvalue weighted by Gasteiger charge is -2.32. The molecule has 1 fully saturated rings. The van der Waals surface area contributed by atoms with Crippen LogP contribution in [-0.2, 0) is 11.3 Å². The number of benzene rings is 2. The molecule has 146 valence electrons. The number of nitrogens with zero attached hydrogens (tertiary/aromatic N) is 3. The summed E-state index contributed by atoms with van der Waals surface area (Å²) >= 11 is 0. The molecule has 1 atom stereocenters. The van der Waals surface area contributed by atoms with E-state index in [2.05, 4.69) is 16.0 Å². The molecule has 4 rings (SSSR count). The normalized spacial score (nSPS) is 17.1. The highest BCUT2D eigenvalue weighted by atomic mass is 16.6. The van der Waals surface area contributed by atoms with Crippen LogP contribution in [0.15, 0.2) is 59.6 Å². The minimum Gasteiger partial charge on any atom is -0.445 e. The molecule has 1 saturated heterocycles. The number of amides is 1. The van der Waals surface area contributed by atoms with E-state index in [9.17, 15) is 4.79 Å². The maximum absolute atomic E-state index is 12.8. The molecule has 0 unspecified atom stereocenters. The number of carbonyl (C=O) groups is 1. The first-order valence-corrected chi connectivity index (χ1v) is 10.0. The van der Waals surface area contributed by atoms with E-state index in [4.69, 9.17) is 4.74 Å². The molecular formula is C23H27N3O2.